The van der Waals surface area contributed by atoms with Gasteiger partial charge in [0, 0.05) is 33.2 Å². The predicted molar refractivity (Wildman–Crippen MR) is 211 cm³/mol. The van der Waals surface area contributed by atoms with Crippen LogP contribution in [0, 0.1) is 0 Å². The number of alkyl halides is 6. The van der Waals surface area contributed by atoms with Gasteiger partial charge in [-0.05, 0) is 70.8 Å². The van der Waals surface area contributed by atoms with Gasteiger partial charge in [-0.15, -0.1) is 0 Å². The second-order valence-electron chi connectivity index (χ2n) is 13.5. The maximum absolute atomic E-state index is 15.0. The Balaban J connectivity index is 1.33. The van der Waals surface area contributed by atoms with Gasteiger partial charge in [-0.1, -0.05) is 121 Å². The highest BCUT2D eigenvalue weighted by Gasteiger charge is 2.39. The molecule has 0 aliphatic heterocycles. The molecule has 0 saturated carbocycles. The highest BCUT2D eigenvalue weighted by Crippen LogP contribution is 2.45. The summed E-state index contributed by atoms with van der Waals surface area (Å²) in [5.74, 6) is 0.594. The molecule has 7 aromatic carbocycles. The van der Waals surface area contributed by atoms with E-state index in [2.05, 4.69) is 6.07 Å². The van der Waals surface area contributed by atoms with Gasteiger partial charge in [0.2, 0.25) is 0 Å². The van der Waals surface area contributed by atoms with Crippen molar-refractivity contribution in [1.82, 2.24) is 19.5 Å². The van der Waals surface area contributed by atoms with Crippen molar-refractivity contribution in [2.75, 3.05) is 0 Å². The average molecular weight is 763 g/mol. The number of benzene rings is 7. The number of para-hydroxylation sites is 1. The van der Waals surface area contributed by atoms with Crippen LogP contribution in [0.4, 0.5) is 26.3 Å². The lowest BCUT2D eigenvalue weighted by Crippen LogP contribution is -2.12. The van der Waals surface area contributed by atoms with Crippen LogP contribution in [-0.2, 0) is 12.4 Å². The van der Waals surface area contributed by atoms with Crippen molar-refractivity contribution in [1.29, 1.82) is 0 Å². The van der Waals surface area contributed by atoms with Crippen molar-refractivity contribution in [3.63, 3.8) is 0 Å². The van der Waals surface area contributed by atoms with Crippen molar-refractivity contribution in [2.45, 2.75) is 12.4 Å². The average Bonchev–Trinajstić information content (AvgIpc) is 3.57. The highest BCUT2D eigenvalue weighted by atomic mass is 19.4. The summed E-state index contributed by atoms with van der Waals surface area (Å²) in [4.78, 5) is 14.3. The van der Waals surface area contributed by atoms with E-state index in [1.54, 1.807) is 42.5 Å². The van der Waals surface area contributed by atoms with E-state index in [-0.39, 0.29) is 34.7 Å². The lowest BCUT2D eigenvalue weighted by Gasteiger charge is -2.20. The maximum atomic E-state index is 15.0. The fraction of sp³-hybridized carbons (Fsp3) is 0.0426. The molecule has 0 N–H and O–H groups in total. The smallest absolute Gasteiger partial charge is 0.309 e. The first-order valence-corrected chi connectivity index (χ1v) is 17.9. The van der Waals surface area contributed by atoms with Crippen molar-refractivity contribution < 1.29 is 26.3 Å². The normalized spacial score (nSPS) is 12.0. The molecule has 0 atom stereocenters. The molecular formula is C47H28F6N4. The zero-order valence-electron chi connectivity index (χ0n) is 29.7. The van der Waals surface area contributed by atoms with Gasteiger partial charge in [0.15, 0.2) is 17.5 Å². The monoisotopic (exact) mass is 762 g/mol. The number of hydrogen-bond donors (Lipinski definition) is 0. The molecule has 0 bridgehead atoms. The molecule has 2 heterocycles. The second-order valence-corrected chi connectivity index (χ2v) is 13.5. The van der Waals surface area contributed by atoms with Gasteiger partial charge < -0.3 is 4.57 Å². The summed E-state index contributed by atoms with van der Waals surface area (Å²) >= 11 is 0. The molecule has 9 rings (SSSR count). The molecule has 0 fully saturated rings. The SMILES string of the molecule is FC(F)(F)c1ccc(-c2cc(-n3c4ccccc4c4cc(-c5ccccc5)ccc43)ccc2-c2nc(-c3ccccc3)nc(-c3ccccc3)n2)c(C(F)(F)F)c1. The predicted octanol–water partition coefficient (Wildman–Crippen LogP) is 13.3. The van der Waals surface area contributed by atoms with Crippen molar-refractivity contribution in [3.05, 3.63) is 181 Å². The molecular weight excluding hydrogens is 735 g/mol. The van der Waals surface area contributed by atoms with Gasteiger partial charge in [-0.2, -0.15) is 26.3 Å². The molecule has 0 unspecified atom stereocenters. The Hall–Kier alpha value is -7.07. The minimum absolute atomic E-state index is 0.00962. The number of aromatic nitrogens is 4. The van der Waals surface area contributed by atoms with Crippen LogP contribution in [0.25, 0.3) is 83.9 Å². The fourth-order valence-electron chi connectivity index (χ4n) is 7.27. The van der Waals surface area contributed by atoms with Crippen LogP contribution in [0.15, 0.2) is 170 Å². The molecule has 0 spiro atoms. The number of rotatable bonds is 6. The Labute approximate surface area is 322 Å². The van der Waals surface area contributed by atoms with Crippen LogP contribution in [0.5, 0.6) is 0 Å². The summed E-state index contributed by atoms with van der Waals surface area (Å²) < 4.78 is 88.6. The van der Waals surface area contributed by atoms with Crippen LogP contribution in [-0.4, -0.2) is 19.5 Å². The maximum Gasteiger partial charge on any atom is 0.417 e. The summed E-state index contributed by atoms with van der Waals surface area (Å²) in [5, 5.41) is 1.83. The van der Waals surface area contributed by atoms with Gasteiger partial charge in [-0.3, -0.25) is 0 Å². The zero-order chi connectivity index (χ0) is 39.3. The fourth-order valence-corrected chi connectivity index (χ4v) is 7.27. The molecule has 57 heavy (non-hydrogen) atoms. The van der Waals surface area contributed by atoms with E-state index >= 15 is 0 Å². The third-order valence-corrected chi connectivity index (χ3v) is 9.92. The third kappa shape index (κ3) is 6.69. The second kappa shape index (κ2) is 13.9. The molecule has 0 amide bonds. The summed E-state index contributed by atoms with van der Waals surface area (Å²) in [5.41, 5.74) is 2.21. The Morgan fingerprint density at radius 3 is 1.53 bits per heavy atom. The number of nitrogens with zero attached hydrogens (tertiary/aromatic N) is 4. The van der Waals surface area contributed by atoms with Crippen molar-refractivity contribution >= 4 is 21.8 Å². The molecule has 4 nitrogen and oxygen atoms in total. The van der Waals surface area contributed by atoms with Gasteiger partial charge in [0.05, 0.1) is 22.2 Å². The number of halogens is 6. The first-order valence-electron chi connectivity index (χ1n) is 17.9. The van der Waals surface area contributed by atoms with E-state index in [9.17, 15) is 26.3 Å². The largest absolute Gasteiger partial charge is 0.417 e. The molecule has 0 aliphatic rings. The minimum atomic E-state index is -5.14. The van der Waals surface area contributed by atoms with E-state index in [1.165, 1.54) is 0 Å². The van der Waals surface area contributed by atoms with Crippen LogP contribution in [0.3, 0.4) is 0 Å². The van der Waals surface area contributed by atoms with E-state index in [4.69, 9.17) is 15.0 Å². The number of hydrogen-bond acceptors (Lipinski definition) is 3. The lowest BCUT2D eigenvalue weighted by molar-refractivity contribution is -0.142. The van der Waals surface area contributed by atoms with E-state index in [0.29, 0.717) is 22.9 Å². The minimum Gasteiger partial charge on any atom is -0.309 e. The molecule has 0 aliphatic carbocycles. The van der Waals surface area contributed by atoms with Crippen LogP contribution in [0.1, 0.15) is 11.1 Å². The Bertz CT molecular complexity index is 2860. The van der Waals surface area contributed by atoms with Crippen molar-refractivity contribution in [3.8, 4) is 62.1 Å². The summed E-state index contributed by atoms with van der Waals surface area (Å²) in [6, 6.07) is 48.4. The molecule has 10 heteroatoms. The Kier molecular flexibility index (Phi) is 8.69. The van der Waals surface area contributed by atoms with Crippen molar-refractivity contribution in [2.24, 2.45) is 0 Å². The van der Waals surface area contributed by atoms with Crippen LogP contribution in [0.2, 0.25) is 0 Å². The quantitative estimate of drug-likeness (QED) is 0.158. The Morgan fingerprint density at radius 1 is 0.368 bits per heavy atom. The van der Waals surface area contributed by atoms with E-state index < -0.39 is 29.0 Å². The van der Waals surface area contributed by atoms with E-state index in [0.717, 1.165) is 39.0 Å². The summed E-state index contributed by atoms with van der Waals surface area (Å²) in [7, 11) is 0. The third-order valence-electron chi connectivity index (χ3n) is 9.92. The first kappa shape index (κ1) is 35.6. The Morgan fingerprint density at radius 2 is 0.912 bits per heavy atom. The summed E-state index contributed by atoms with van der Waals surface area (Å²) in [6.45, 7) is 0. The highest BCUT2D eigenvalue weighted by molar-refractivity contribution is 6.10. The standard InChI is InChI=1S/C47H28F6N4/c48-46(49,50)33-21-23-35(40(27-33)47(51,52)53)38-28-34(57-41-19-11-10-18-36(41)39-26-32(20-25-42(39)57)29-12-4-1-5-13-29)22-24-37(38)45-55-43(30-14-6-2-7-15-30)54-44(56-45)31-16-8-3-9-17-31/h1-28H. The topological polar surface area (TPSA) is 43.6 Å². The van der Waals surface area contributed by atoms with E-state index in [1.807, 2.05) is 108 Å². The van der Waals surface area contributed by atoms with Gasteiger partial charge >= 0.3 is 12.4 Å². The van der Waals surface area contributed by atoms with Gasteiger partial charge in [0.25, 0.3) is 0 Å². The molecule has 9 aromatic rings. The van der Waals surface area contributed by atoms with Gasteiger partial charge in [-0.25, -0.2) is 15.0 Å². The summed E-state index contributed by atoms with van der Waals surface area (Å²) in [6.07, 6.45) is -10.2. The number of fused-ring (bicyclic) bond motifs is 3. The molecule has 0 radical (unpaired) electrons. The van der Waals surface area contributed by atoms with Gasteiger partial charge in [0.1, 0.15) is 0 Å². The zero-order valence-corrected chi connectivity index (χ0v) is 29.7. The van der Waals surface area contributed by atoms with Crippen LogP contribution < -0.4 is 0 Å². The first-order chi connectivity index (χ1) is 27.5. The van der Waals surface area contributed by atoms with Crippen LogP contribution >= 0.6 is 0 Å². The molecule has 278 valence electrons. The molecule has 2 aromatic heterocycles. The molecule has 0 saturated heterocycles. The lowest BCUT2D eigenvalue weighted by atomic mass is 9.92.